The van der Waals surface area contributed by atoms with Crippen molar-refractivity contribution < 1.29 is 9.47 Å². The molecule has 19 heavy (non-hydrogen) atoms. The minimum absolute atomic E-state index is 0.421. The first-order valence-corrected chi connectivity index (χ1v) is 7.22. The summed E-state index contributed by atoms with van der Waals surface area (Å²) >= 11 is 0. The van der Waals surface area contributed by atoms with Gasteiger partial charge in [-0.15, -0.1) is 0 Å². The fourth-order valence-corrected chi connectivity index (χ4v) is 2.61. The van der Waals surface area contributed by atoms with Crippen molar-refractivity contribution in [1.29, 1.82) is 0 Å². The summed E-state index contributed by atoms with van der Waals surface area (Å²) in [4.78, 5) is 0. The molecule has 3 nitrogen and oxygen atoms in total. The average molecular weight is 263 g/mol. The second kappa shape index (κ2) is 6.92. The molecule has 106 valence electrons. The molecule has 2 unspecified atom stereocenters. The third-order valence-corrected chi connectivity index (χ3v) is 3.69. The number of hydrogen-bond donors (Lipinski definition) is 1. The molecule has 1 heterocycles. The second-order valence-corrected chi connectivity index (χ2v) is 5.40. The fraction of sp³-hybridized carbons (Fsp3) is 0.625. The highest BCUT2D eigenvalue weighted by Gasteiger charge is 2.16. The highest BCUT2D eigenvalue weighted by molar-refractivity contribution is 5.40. The molecule has 0 spiro atoms. The molecule has 1 N–H and O–H groups in total. The fourth-order valence-electron chi connectivity index (χ4n) is 2.61. The molecule has 0 bridgehead atoms. The molecule has 2 atom stereocenters. The summed E-state index contributed by atoms with van der Waals surface area (Å²) in [6, 6.07) is 7.02. The van der Waals surface area contributed by atoms with Crippen molar-refractivity contribution in [2.75, 3.05) is 26.9 Å². The van der Waals surface area contributed by atoms with Crippen LogP contribution in [-0.4, -0.2) is 26.9 Å². The van der Waals surface area contributed by atoms with Crippen molar-refractivity contribution in [3.8, 4) is 5.75 Å². The number of ether oxygens (including phenoxy) is 2. The van der Waals surface area contributed by atoms with Gasteiger partial charge in [-0.3, -0.25) is 0 Å². The highest BCUT2D eigenvalue weighted by Crippen LogP contribution is 2.29. The van der Waals surface area contributed by atoms with Crippen LogP contribution in [0.4, 0.5) is 0 Å². The van der Waals surface area contributed by atoms with Crippen molar-refractivity contribution in [3.05, 3.63) is 29.3 Å². The van der Waals surface area contributed by atoms with Crippen LogP contribution in [0.25, 0.3) is 0 Å². The first-order valence-electron chi connectivity index (χ1n) is 7.22. The quantitative estimate of drug-likeness (QED) is 0.820. The zero-order valence-electron chi connectivity index (χ0n) is 12.2. The van der Waals surface area contributed by atoms with E-state index in [1.54, 1.807) is 7.11 Å². The lowest BCUT2D eigenvalue weighted by Crippen LogP contribution is -2.27. The van der Waals surface area contributed by atoms with Crippen molar-refractivity contribution in [2.24, 2.45) is 5.92 Å². The van der Waals surface area contributed by atoms with E-state index in [2.05, 4.69) is 37.4 Å². The smallest absolute Gasteiger partial charge is 0.122 e. The topological polar surface area (TPSA) is 30.5 Å². The Bertz CT molecular complexity index is 406. The van der Waals surface area contributed by atoms with E-state index in [-0.39, 0.29) is 0 Å². The van der Waals surface area contributed by atoms with Crippen molar-refractivity contribution in [3.63, 3.8) is 0 Å². The number of methoxy groups -OCH3 is 1. The van der Waals surface area contributed by atoms with Gasteiger partial charge >= 0.3 is 0 Å². The Morgan fingerprint density at radius 1 is 1.42 bits per heavy atom. The van der Waals surface area contributed by atoms with Gasteiger partial charge < -0.3 is 14.8 Å². The largest absolute Gasteiger partial charge is 0.493 e. The van der Waals surface area contributed by atoms with Crippen LogP contribution in [0.2, 0.25) is 0 Å². The van der Waals surface area contributed by atoms with Gasteiger partial charge in [0, 0.05) is 32.7 Å². The maximum absolute atomic E-state index is 5.56. The molecule has 0 saturated heterocycles. The van der Waals surface area contributed by atoms with E-state index in [0.717, 1.165) is 38.3 Å². The number of fused-ring (bicyclic) bond motifs is 1. The predicted molar refractivity (Wildman–Crippen MR) is 77.7 cm³/mol. The zero-order valence-corrected chi connectivity index (χ0v) is 12.2. The van der Waals surface area contributed by atoms with Gasteiger partial charge in [-0.2, -0.15) is 0 Å². The maximum Gasteiger partial charge on any atom is 0.122 e. The molecule has 1 aliphatic rings. The Labute approximate surface area is 116 Å². The van der Waals surface area contributed by atoms with E-state index in [1.807, 2.05) is 0 Å². The molecule has 0 amide bonds. The molecule has 0 aliphatic carbocycles. The molecule has 2 rings (SSSR count). The summed E-state index contributed by atoms with van der Waals surface area (Å²) in [6.07, 6.45) is 2.14. The summed E-state index contributed by atoms with van der Waals surface area (Å²) < 4.78 is 10.7. The van der Waals surface area contributed by atoms with Gasteiger partial charge in [-0.05, 0) is 29.5 Å². The Balaban J connectivity index is 1.97. The molecular weight excluding hydrogens is 238 g/mol. The van der Waals surface area contributed by atoms with E-state index in [0.29, 0.717) is 12.0 Å². The van der Waals surface area contributed by atoms with Crippen LogP contribution in [0, 0.1) is 5.92 Å². The highest BCUT2D eigenvalue weighted by atomic mass is 16.5. The lowest BCUT2D eigenvalue weighted by molar-refractivity contribution is 0.156. The standard InChI is InChI=1S/C16H25NO2/c1-4-15(17-10-12(2)11-18-3)13-5-6-16-14(9-13)7-8-19-16/h5-6,9,12,15,17H,4,7-8,10-11H2,1-3H3. The molecular formula is C16H25NO2. The Kier molecular flexibility index (Phi) is 5.23. The Hall–Kier alpha value is -1.06. The minimum atomic E-state index is 0.421. The van der Waals surface area contributed by atoms with E-state index >= 15 is 0 Å². The van der Waals surface area contributed by atoms with Crippen LogP contribution in [0.15, 0.2) is 18.2 Å². The summed E-state index contributed by atoms with van der Waals surface area (Å²) in [5.74, 6) is 1.60. The Morgan fingerprint density at radius 2 is 2.26 bits per heavy atom. The molecule has 3 heteroatoms. The third kappa shape index (κ3) is 3.71. The zero-order chi connectivity index (χ0) is 13.7. The monoisotopic (exact) mass is 263 g/mol. The molecule has 0 fully saturated rings. The first-order chi connectivity index (χ1) is 9.24. The molecule has 1 aromatic rings. The Morgan fingerprint density at radius 3 is 3.00 bits per heavy atom. The van der Waals surface area contributed by atoms with Crippen LogP contribution in [0.3, 0.4) is 0 Å². The molecule has 0 radical (unpaired) electrons. The predicted octanol–water partition coefficient (Wildman–Crippen LogP) is 2.94. The van der Waals surface area contributed by atoms with Crippen LogP contribution < -0.4 is 10.1 Å². The minimum Gasteiger partial charge on any atom is -0.493 e. The van der Waals surface area contributed by atoms with E-state index in [4.69, 9.17) is 9.47 Å². The molecule has 0 saturated carbocycles. The van der Waals surface area contributed by atoms with Gasteiger partial charge in [0.2, 0.25) is 0 Å². The van der Waals surface area contributed by atoms with Crippen LogP contribution in [0.5, 0.6) is 5.75 Å². The van der Waals surface area contributed by atoms with Gasteiger partial charge in [-0.25, -0.2) is 0 Å². The lowest BCUT2D eigenvalue weighted by Gasteiger charge is -2.20. The average Bonchev–Trinajstić information content (AvgIpc) is 2.87. The van der Waals surface area contributed by atoms with Crippen LogP contribution in [-0.2, 0) is 11.2 Å². The third-order valence-electron chi connectivity index (χ3n) is 3.69. The van der Waals surface area contributed by atoms with Gasteiger partial charge in [0.1, 0.15) is 5.75 Å². The number of nitrogens with one attached hydrogen (secondary N) is 1. The first kappa shape index (κ1) is 14.4. The number of hydrogen-bond acceptors (Lipinski definition) is 3. The van der Waals surface area contributed by atoms with Gasteiger partial charge in [0.05, 0.1) is 6.61 Å². The van der Waals surface area contributed by atoms with Crippen LogP contribution in [0.1, 0.15) is 37.4 Å². The lowest BCUT2D eigenvalue weighted by atomic mass is 10.00. The molecule has 0 aromatic heterocycles. The van der Waals surface area contributed by atoms with Crippen molar-refractivity contribution in [2.45, 2.75) is 32.7 Å². The maximum atomic E-state index is 5.56. The summed E-state index contributed by atoms with van der Waals surface area (Å²) in [7, 11) is 1.76. The van der Waals surface area contributed by atoms with E-state index in [9.17, 15) is 0 Å². The summed E-state index contributed by atoms with van der Waals surface area (Å²) in [5.41, 5.74) is 2.72. The number of rotatable bonds is 7. The van der Waals surface area contributed by atoms with Gasteiger partial charge in [0.15, 0.2) is 0 Å². The summed E-state index contributed by atoms with van der Waals surface area (Å²) in [6.45, 7) is 7.05. The van der Waals surface area contributed by atoms with Gasteiger partial charge in [0.25, 0.3) is 0 Å². The van der Waals surface area contributed by atoms with E-state index in [1.165, 1.54) is 11.1 Å². The second-order valence-electron chi connectivity index (χ2n) is 5.40. The number of benzene rings is 1. The SMILES string of the molecule is CCC(NCC(C)COC)c1ccc2c(c1)CCO2. The van der Waals surface area contributed by atoms with Crippen molar-refractivity contribution in [1.82, 2.24) is 5.32 Å². The molecule has 1 aromatic carbocycles. The summed E-state index contributed by atoms with van der Waals surface area (Å²) in [5, 5.41) is 3.64. The van der Waals surface area contributed by atoms with Gasteiger partial charge in [-0.1, -0.05) is 26.0 Å². The van der Waals surface area contributed by atoms with E-state index < -0.39 is 0 Å². The molecule has 1 aliphatic heterocycles. The normalized spacial score (nSPS) is 16.8. The van der Waals surface area contributed by atoms with Crippen molar-refractivity contribution >= 4 is 0 Å². The van der Waals surface area contributed by atoms with Crippen LogP contribution >= 0.6 is 0 Å².